The van der Waals surface area contributed by atoms with Crippen molar-refractivity contribution < 1.29 is 13.2 Å². The summed E-state index contributed by atoms with van der Waals surface area (Å²) in [6.45, 7) is 0. The van der Waals surface area contributed by atoms with Crippen molar-refractivity contribution >= 4 is 54.2 Å². The molecule has 0 unspecified atom stereocenters. The van der Waals surface area contributed by atoms with Gasteiger partial charge in [0.05, 0.1) is 7.11 Å². The summed E-state index contributed by atoms with van der Waals surface area (Å²) in [5.74, 6) is 0.260. The summed E-state index contributed by atoms with van der Waals surface area (Å²) in [6.07, 6.45) is 1.84. The molecule has 6 nitrogen and oxygen atoms in total. The summed E-state index contributed by atoms with van der Waals surface area (Å²) in [7, 11) is -2.36. The van der Waals surface area contributed by atoms with Gasteiger partial charge in [-0.1, -0.05) is 39.0 Å². The van der Waals surface area contributed by atoms with Crippen molar-refractivity contribution in [2.75, 3.05) is 18.1 Å². The van der Waals surface area contributed by atoms with Crippen LogP contribution in [0, 0.1) is 0 Å². The number of benzene rings is 1. The third-order valence-electron chi connectivity index (χ3n) is 2.22. The van der Waals surface area contributed by atoms with E-state index >= 15 is 0 Å². The number of rotatable bonds is 5. The minimum absolute atomic E-state index is 0.0373. The number of ether oxygens (including phenoxy) is 1. The molecule has 0 aliphatic carbocycles. The Morgan fingerprint density at radius 3 is 2.75 bits per heavy atom. The molecule has 0 atom stereocenters. The van der Waals surface area contributed by atoms with Gasteiger partial charge in [0.1, 0.15) is 10.6 Å². The largest absolute Gasteiger partial charge is 0.495 e. The second-order valence-electron chi connectivity index (χ2n) is 3.48. The smallest absolute Gasteiger partial charge is 0.267 e. The zero-order chi connectivity index (χ0) is 14.8. The van der Waals surface area contributed by atoms with Crippen molar-refractivity contribution in [2.24, 2.45) is 0 Å². The zero-order valence-corrected chi connectivity index (χ0v) is 14.5. The van der Waals surface area contributed by atoms with Crippen molar-refractivity contribution in [2.45, 2.75) is 9.24 Å². The molecule has 0 bridgehead atoms. The topological polar surface area (TPSA) is 81.2 Å². The highest BCUT2D eigenvalue weighted by molar-refractivity contribution is 9.10. The summed E-state index contributed by atoms with van der Waals surface area (Å²) in [5.41, 5.74) is 0. The zero-order valence-electron chi connectivity index (χ0n) is 10.5. The van der Waals surface area contributed by atoms with E-state index < -0.39 is 10.0 Å². The van der Waals surface area contributed by atoms with Crippen molar-refractivity contribution in [1.82, 2.24) is 10.2 Å². The predicted molar refractivity (Wildman–Crippen MR) is 83.2 cm³/mol. The highest BCUT2D eigenvalue weighted by atomic mass is 79.9. The molecule has 0 saturated heterocycles. The molecule has 0 fully saturated rings. The molecular weight excluding hydrogens is 386 g/mol. The number of anilines is 1. The van der Waals surface area contributed by atoms with Crippen molar-refractivity contribution in [3.63, 3.8) is 0 Å². The van der Waals surface area contributed by atoms with Crippen molar-refractivity contribution in [3.05, 3.63) is 22.7 Å². The van der Waals surface area contributed by atoms with E-state index in [-0.39, 0.29) is 15.8 Å². The SMILES string of the molecule is COc1ccc(Br)cc1S(=O)(=O)Nc1nnc(SC)s1. The number of nitrogens with zero attached hydrogens (tertiary/aromatic N) is 2. The highest BCUT2D eigenvalue weighted by Crippen LogP contribution is 2.30. The Bertz CT molecular complexity index is 718. The van der Waals surface area contributed by atoms with Crippen LogP contribution in [-0.4, -0.2) is 32.0 Å². The number of thioether (sulfide) groups is 1. The number of aromatic nitrogens is 2. The molecule has 1 aromatic carbocycles. The lowest BCUT2D eigenvalue weighted by Crippen LogP contribution is -2.14. The van der Waals surface area contributed by atoms with Crippen molar-refractivity contribution in [3.8, 4) is 5.75 Å². The second-order valence-corrected chi connectivity index (χ2v) is 8.08. The van der Waals surface area contributed by atoms with E-state index in [9.17, 15) is 8.42 Å². The van der Waals surface area contributed by atoms with E-state index in [0.29, 0.717) is 8.81 Å². The van der Waals surface area contributed by atoms with Gasteiger partial charge < -0.3 is 4.74 Å². The molecule has 1 heterocycles. The van der Waals surface area contributed by atoms with Crippen LogP contribution < -0.4 is 9.46 Å². The van der Waals surface area contributed by atoms with Gasteiger partial charge in [-0.15, -0.1) is 10.2 Å². The lowest BCUT2D eigenvalue weighted by atomic mass is 10.3. The predicted octanol–water partition coefficient (Wildman–Crippen LogP) is 2.83. The Kier molecular flexibility index (Phi) is 4.89. The van der Waals surface area contributed by atoms with Crippen LogP contribution in [0.2, 0.25) is 0 Å². The van der Waals surface area contributed by atoms with E-state index in [1.165, 1.54) is 36.3 Å². The first kappa shape index (κ1) is 15.5. The minimum Gasteiger partial charge on any atom is -0.495 e. The van der Waals surface area contributed by atoms with Crippen LogP contribution in [0.1, 0.15) is 0 Å². The molecule has 0 amide bonds. The van der Waals surface area contributed by atoms with Crippen LogP contribution in [0.15, 0.2) is 31.9 Å². The van der Waals surface area contributed by atoms with E-state index in [2.05, 4.69) is 30.8 Å². The molecule has 10 heteroatoms. The van der Waals surface area contributed by atoms with Crippen LogP contribution in [0.25, 0.3) is 0 Å². The summed E-state index contributed by atoms with van der Waals surface area (Å²) < 4.78 is 33.5. The number of hydrogen-bond donors (Lipinski definition) is 1. The van der Waals surface area contributed by atoms with Crippen LogP contribution in [0.3, 0.4) is 0 Å². The molecule has 108 valence electrons. The van der Waals surface area contributed by atoms with Crippen LogP contribution in [0.4, 0.5) is 5.13 Å². The summed E-state index contributed by atoms with van der Waals surface area (Å²) >= 11 is 5.81. The maximum atomic E-state index is 12.4. The van der Waals surface area contributed by atoms with E-state index in [4.69, 9.17) is 4.74 Å². The Balaban J connectivity index is 2.37. The van der Waals surface area contributed by atoms with Crippen LogP contribution >= 0.6 is 39.0 Å². The van der Waals surface area contributed by atoms with Gasteiger partial charge in [0.25, 0.3) is 10.0 Å². The third-order valence-corrected chi connectivity index (χ3v) is 6.01. The maximum absolute atomic E-state index is 12.4. The van der Waals surface area contributed by atoms with Crippen LogP contribution in [-0.2, 0) is 10.0 Å². The summed E-state index contributed by atoms with van der Waals surface area (Å²) in [6, 6.07) is 4.75. The Morgan fingerprint density at radius 1 is 1.40 bits per heavy atom. The molecule has 0 aliphatic rings. The Labute approximate surface area is 133 Å². The quantitative estimate of drug-likeness (QED) is 0.783. The lowest BCUT2D eigenvalue weighted by molar-refractivity contribution is 0.403. The molecule has 20 heavy (non-hydrogen) atoms. The van der Waals surface area contributed by atoms with Gasteiger partial charge in [0.15, 0.2) is 4.34 Å². The fourth-order valence-electron chi connectivity index (χ4n) is 1.36. The molecule has 0 radical (unpaired) electrons. The first-order valence-electron chi connectivity index (χ1n) is 5.20. The normalized spacial score (nSPS) is 11.3. The highest BCUT2D eigenvalue weighted by Gasteiger charge is 2.21. The minimum atomic E-state index is -3.78. The average Bonchev–Trinajstić information content (AvgIpc) is 2.85. The Morgan fingerprint density at radius 2 is 2.15 bits per heavy atom. The monoisotopic (exact) mass is 395 g/mol. The average molecular weight is 396 g/mol. The van der Waals surface area contributed by atoms with Gasteiger partial charge in [0, 0.05) is 4.47 Å². The molecule has 0 aliphatic heterocycles. The number of methoxy groups -OCH3 is 1. The molecule has 0 spiro atoms. The number of sulfonamides is 1. The molecule has 0 saturated carbocycles. The van der Waals surface area contributed by atoms with Crippen molar-refractivity contribution in [1.29, 1.82) is 0 Å². The molecule has 1 aromatic heterocycles. The van der Waals surface area contributed by atoms with E-state index in [1.54, 1.807) is 12.1 Å². The Hall–Kier alpha value is -0.840. The van der Waals surface area contributed by atoms with Gasteiger partial charge in [-0.2, -0.15) is 0 Å². The van der Waals surface area contributed by atoms with Gasteiger partial charge in [-0.05, 0) is 24.5 Å². The number of hydrogen-bond acceptors (Lipinski definition) is 7. The molecule has 2 rings (SSSR count). The fraction of sp³-hybridized carbons (Fsp3) is 0.200. The first-order valence-corrected chi connectivity index (χ1v) is 9.52. The lowest BCUT2D eigenvalue weighted by Gasteiger charge is -2.09. The van der Waals surface area contributed by atoms with E-state index in [1.807, 2.05) is 6.26 Å². The van der Waals surface area contributed by atoms with Crippen LogP contribution in [0.5, 0.6) is 5.75 Å². The summed E-state index contributed by atoms with van der Waals surface area (Å²) in [5, 5.41) is 7.84. The van der Waals surface area contributed by atoms with Gasteiger partial charge in [-0.25, -0.2) is 8.42 Å². The first-order chi connectivity index (χ1) is 9.46. The molecular formula is C10H10BrN3O3S3. The molecule has 1 N–H and O–H groups in total. The second kappa shape index (κ2) is 6.29. The maximum Gasteiger partial charge on any atom is 0.267 e. The number of nitrogens with one attached hydrogen (secondary N) is 1. The number of halogens is 1. The standard InChI is InChI=1S/C10H10BrN3O3S3/c1-17-7-4-3-6(11)5-8(7)20(15,16)14-9-12-13-10(18-2)19-9/h3-5H,1-2H3,(H,12,14). The molecule has 2 aromatic rings. The van der Waals surface area contributed by atoms with Gasteiger partial charge in [0.2, 0.25) is 5.13 Å². The van der Waals surface area contributed by atoms with E-state index in [0.717, 1.165) is 0 Å². The van der Waals surface area contributed by atoms with Gasteiger partial charge in [-0.3, -0.25) is 4.72 Å². The third kappa shape index (κ3) is 3.43. The summed E-state index contributed by atoms with van der Waals surface area (Å²) in [4.78, 5) is 0.0373. The fourth-order valence-corrected chi connectivity index (χ4v) is 4.47. The van der Waals surface area contributed by atoms with Gasteiger partial charge >= 0.3 is 0 Å².